The molecular weight excluding hydrogens is 294 g/mol. The number of amides is 1. The minimum absolute atomic E-state index is 0.234. The Morgan fingerprint density at radius 3 is 2.10 bits per heavy atom. The average Bonchev–Trinajstić information content (AvgIpc) is 2.47. The molecule has 0 aromatic heterocycles. The molecule has 2 aromatic carbocycles. The molecule has 2 N–H and O–H groups in total. The predicted molar refractivity (Wildman–Crippen MR) is 79.5 cm³/mol. The lowest BCUT2D eigenvalue weighted by Crippen LogP contribution is -2.26. The monoisotopic (exact) mass is 307 g/mol. The van der Waals surface area contributed by atoms with Gasteiger partial charge in [-0.15, -0.1) is 0 Å². The second kappa shape index (κ2) is 7.40. The van der Waals surface area contributed by atoms with Crippen LogP contribution in [0.5, 0.6) is 17.2 Å². The summed E-state index contributed by atoms with van der Waals surface area (Å²) in [6, 6.07) is 14.1. The summed E-state index contributed by atoms with van der Waals surface area (Å²) in [5, 5.41) is 11.3. The summed E-state index contributed by atoms with van der Waals surface area (Å²) in [6.07, 6.45) is -1.06. The molecule has 0 saturated heterocycles. The molecule has 1 amide bonds. The first-order valence-electron chi connectivity index (χ1n) is 6.26. The minimum Gasteiger partial charge on any atom is -0.492 e. The normalized spacial score (nSPS) is 9.95. The standard InChI is InChI=1S/C15H14ClNO4/c16-11-1-3-13(4-2-11)21-14-7-5-12(6-8-14)20-10-9-17-15(18)19/h1-8,17H,9-10H2,(H,18,19). The largest absolute Gasteiger partial charge is 0.492 e. The topological polar surface area (TPSA) is 67.8 Å². The molecule has 2 aromatic rings. The number of hydrogen-bond donors (Lipinski definition) is 2. The third-order valence-electron chi connectivity index (χ3n) is 2.52. The van der Waals surface area contributed by atoms with E-state index < -0.39 is 6.09 Å². The molecule has 5 nitrogen and oxygen atoms in total. The van der Waals surface area contributed by atoms with Crippen LogP contribution in [0.25, 0.3) is 0 Å². The van der Waals surface area contributed by atoms with E-state index in [9.17, 15) is 4.79 Å². The Kier molecular flexibility index (Phi) is 5.29. The van der Waals surface area contributed by atoms with Gasteiger partial charge in [-0.2, -0.15) is 0 Å². The first kappa shape index (κ1) is 15.0. The zero-order valence-corrected chi connectivity index (χ0v) is 11.8. The Bertz CT molecular complexity index is 584. The molecule has 6 heteroatoms. The van der Waals surface area contributed by atoms with E-state index in [1.54, 1.807) is 48.5 Å². The molecule has 0 saturated carbocycles. The summed E-state index contributed by atoms with van der Waals surface area (Å²) in [5.41, 5.74) is 0. The first-order valence-corrected chi connectivity index (χ1v) is 6.64. The zero-order chi connectivity index (χ0) is 15.1. The van der Waals surface area contributed by atoms with Crippen LogP contribution >= 0.6 is 11.6 Å². The lowest BCUT2D eigenvalue weighted by molar-refractivity contribution is 0.191. The van der Waals surface area contributed by atoms with Crippen LogP contribution in [0.1, 0.15) is 0 Å². The highest BCUT2D eigenvalue weighted by Gasteiger charge is 1.99. The van der Waals surface area contributed by atoms with Crippen LogP contribution in [0.15, 0.2) is 48.5 Å². The number of halogens is 1. The van der Waals surface area contributed by atoms with E-state index in [1.165, 1.54) is 0 Å². The SMILES string of the molecule is O=C(O)NCCOc1ccc(Oc2ccc(Cl)cc2)cc1. The van der Waals surface area contributed by atoms with Gasteiger partial charge in [-0.05, 0) is 48.5 Å². The van der Waals surface area contributed by atoms with Gasteiger partial charge in [0.05, 0.1) is 6.54 Å². The molecule has 0 aliphatic carbocycles. The Hall–Kier alpha value is -2.40. The Morgan fingerprint density at radius 2 is 1.52 bits per heavy atom. The van der Waals surface area contributed by atoms with Crippen LogP contribution in [-0.4, -0.2) is 24.4 Å². The third kappa shape index (κ3) is 5.24. The van der Waals surface area contributed by atoms with Crippen molar-refractivity contribution in [2.24, 2.45) is 0 Å². The molecule has 0 radical (unpaired) electrons. The number of benzene rings is 2. The van der Waals surface area contributed by atoms with Gasteiger partial charge in [0.25, 0.3) is 0 Å². The van der Waals surface area contributed by atoms with Crippen molar-refractivity contribution in [1.82, 2.24) is 5.32 Å². The first-order chi connectivity index (χ1) is 10.1. The Labute approximate surface area is 127 Å². The summed E-state index contributed by atoms with van der Waals surface area (Å²) in [5.74, 6) is 2.01. The van der Waals surface area contributed by atoms with Gasteiger partial charge in [0.15, 0.2) is 0 Å². The van der Waals surface area contributed by atoms with Crippen LogP contribution in [0.4, 0.5) is 4.79 Å². The molecule has 0 bridgehead atoms. The van der Waals surface area contributed by atoms with Gasteiger partial charge < -0.3 is 19.9 Å². The van der Waals surface area contributed by atoms with Crippen LogP contribution < -0.4 is 14.8 Å². The minimum atomic E-state index is -1.06. The molecular formula is C15H14ClNO4. The summed E-state index contributed by atoms with van der Waals surface area (Å²) in [6.45, 7) is 0.502. The second-order valence-electron chi connectivity index (χ2n) is 4.11. The van der Waals surface area contributed by atoms with E-state index in [0.717, 1.165) is 0 Å². The maximum absolute atomic E-state index is 10.3. The molecule has 0 aliphatic heterocycles. The average molecular weight is 308 g/mol. The van der Waals surface area contributed by atoms with E-state index in [1.807, 2.05) is 0 Å². The quantitative estimate of drug-likeness (QED) is 0.797. The number of rotatable bonds is 6. The van der Waals surface area contributed by atoms with Crippen molar-refractivity contribution in [1.29, 1.82) is 0 Å². The van der Waals surface area contributed by atoms with Crippen molar-refractivity contribution in [2.75, 3.05) is 13.2 Å². The van der Waals surface area contributed by atoms with Crippen LogP contribution in [-0.2, 0) is 0 Å². The van der Waals surface area contributed by atoms with Crippen molar-refractivity contribution in [3.8, 4) is 17.2 Å². The number of hydrogen-bond acceptors (Lipinski definition) is 3. The zero-order valence-electron chi connectivity index (χ0n) is 11.1. The number of carbonyl (C=O) groups is 1. The van der Waals surface area contributed by atoms with Gasteiger partial charge in [0.1, 0.15) is 23.9 Å². The highest BCUT2D eigenvalue weighted by Crippen LogP contribution is 2.24. The Morgan fingerprint density at radius 1 is 1.00 bits per heavy atom. The van der Waals surface area contributed by atoms with E-state index in [2.05, 4.69) is 5.32 Å². The molecule has 21 heavy (non-hydrogen) atoms. The third-order valence-corrected chi connectivity index (χ3v) is 2.77. The van der Waals surface area contributed by atoms with Crippen LogP contribution in [0, 0.1) is 0 Å². The number of carboxylic acid groups (broad SMARTS) is 1. The maximum atomic E-state index is 10.3. The fourth-order valence-corrected chi connectivity index (χ4v) is 1.70. The molecule has 0 unspecified atom stereocenters. The summed E-state index contributed by atoms with van der Waals surface area (Å²) < 4.78 is 11.0. The predicted octanol–water partition coefficient (Wildman–Crippen LogP) is 3.78. The van der Waals surface area contributed by atoms with E-state index in [4.69, 9.17) is 26.2 Å². The molecule has 0 spiro atoms. The fourth-order valence-electron chi connectivity index (χ4n) is 1.57. The highest BCUT2D eigenvalue weighted by molar-refractivity contribution is 6.30. The van der Waals surface area contributed by atoms with Gasteiger partial charge in [0.2, 0.25) is 0 Å². The lowest BCUT2D eigenvalue weighted by Gasteiger charge is -2.08. The van der Waals surface area contributed by atoms with Crippen molar-refractivity contribution in [3.05, 3.63) is 53.6 Å². The Balaban J connectivity index is 1.84. The molecule has 0 heterocycles. The summed E-state index contributed by atoms with van der Waals surface area (Å²) in [4.78, 5) is 10.3. The number of nitrogens with one attached hydrogen (secondary N) is 1. The van der Waals surface area contributed by atoms with Gasteiger partial charge in [-0.3, -0.25) is 0 Å². The lowest BCUT2D eigenvalue weighted by atomic mass is 10.3. The molecule has 110 valence electrons. The maximum Gasteiger partial charge on any atom is 0.404 e. The molecule has 0 aliphatic rings. The molecule has 0 fully saturated rings. The second-order valence-corrected chi connectivity index (χ2v) is 4.54. The van der Waals surface area contributed by atoms with Crippen molar-refractivity contribution in [2.45, 2.75) is 0 Å². The van der Waals surface area contributed by atoms with Gasteiger partial charge in [0, 0.05) is 5.02 Å². The van der Waals surface area contributed by atoms with Crippen LogP contribution in [0.2, 0.25) is 5.02 Å². The smallest absolute Gasteiger partial charge is 0.404 e. The van der Waals surface area contributed by atoms with E-state index in [-0.39, 0.29) is 13.2 Å². The van der Waals surface area contributed by atoms with E-state index >= 15 is 0 Å². The van der Waals surface area contributed by atoms with E-state index in [0.29, 0.717) is 22.3 Å². The molecule has 0 atom stereocenters. The highest BCUT2D eigenvalue weighted by atomic mass is 35.5. The van der Waals surface area contributed by atoms with Crippen molar-refractivity contribution >= 4 is 17.7 Å². The van der Waals surface area contributed by atoms with Crippen molar-refractivity contribution in [3.63, 3.8) is 0 Å². The number of ether oxygens (including phenoxy) is 2. The molecule has 2 rings (SSSR count). The van der Waals surface area contributed by atoms with Gasteiger partial charge in [-0.25, -0.2) is 4.79 Å². The van der Waals surface area contributed by atoms with Gasteiger partial charge >= 0.3 is 6.09 Å². The van der Waals surface area contributed by atoms with Crippen LogP contribution in [0.3, 0.4) is 0 Å². The van der Waals surface area contributed by atoms with Crippen molar-refractivity contribution < 1.29 is 19.4 Å². The van der Waals surface area contributed by atoms with Gasteiger partial charge in [-0.1, -0.05) is 11.6 Å². The fraction of sp³-hybridized carbons (Fsp3) is 0.133. The summed E-state index contributed by atoms with van der Waals surface area (Å²) >= 11 is 5.80. The summed E-state index contributed by atoms with van der Waals surface area (Å²) in [7, 11) is 0.